The van der Waals surface area contributed by atoms with E-state index in [9.17, 15) is 0 Å². The molecule has 1 atom stereocenters. The van der Waals surface area contributed by atoms with E-state index < -0.39 is 10.8 Å². The van der Waals surface area contributed by atoms with Gasteiger partial charge in [-0.05, 0) is 185 Å². The third-order valence-electron chi connectivity index (χ3n) is 19.6. The molecule has 0 N–H and O–H groups in total. The van der Waals surface area contributed by atoms with Crippen molar-refractivity contribution in [3.8, 4) is 66.8 Å². The largest absolute Gasteiger partial charge is 0.310 e. The van der Waals surface area contributed by atoms with Gasteiger partial charge in [0.2, 0.25) is 0 Å². The molecule has 2 aliphatic carbocycles. The molecule has 0 aromatic heterocycles. The fraction of sp³-hybridized carbons (Fsp3) is 0.0217. The third-order valence-corrected chi connectivity index (χ3v) is 19.6. The maximum Gasteiger partial charge on any atom is 0.0714 e. The molecule has 0 fully saturated rings. The second kappa shape index (κ2) is 23.6. The van der Waals surface area contributed by atoms with Crippen molar-refractivity contribution >= 4 is 34.1 Å². The van der Waals surface area contributed by atoms with Crippen LogP contribution in [-0.2, 0) is 10.8 Å². The maximum atomic E-state index is 2.44. The number of anilines is 6. The zero-order valence-electron chi connectivity index (χ0n) is 51.8. The topological polar surface area (TPSA) is 6.48 Å². The molecular formula is C92H64N2. The van der Waals surface area contributed by atoms with Gasteiger partial charge in [-0.25, -0.2) is 0 Å². The molecule has 15 aromatic carbocycles. The first-order valence-electron chi connectivity index (χ1n) is 32.6. The lowest BCUT2D eigenvalue weighted by atomic mass is 9.67. The van der Waals surface area contributed by atoms with E-state index in [1.165, 1.54) is 77.9 Å². The van der Waals surface area contributed by atoms with Gasteiger partial charge in [0.05, 0.1) is 16.5 Å². The summed E-state index contributed by atoms with van der Waals surface area (Å²) >= 11 is 0. The minimum atomic E-state index is -0.622. The summed E-state index contributed by atoms with van der Waals surface area (Å²) in [5.74, 6) is 0. The van der Waals surface area contributed by atoms with Gasteiger partial charge in [0, 0.05) is 34.0 Å². The van der Waals surface area contributed by atoms with Crippen LogP contribution in [0.25, 0.3) is 66.8 Å². The number of para-hydroxylation sites is 3. The first-order valence-corrected chi connectivity index (χ1v) is 32.6. The predicted octanol–water partition coefficient (Wildman–Crippen LogP) is 24.0. The van der Waals surface area contributed by atoms with Gasteiger partial charge >= 0.3 is 0 Å². The van der Waals surface area contributed by atoms with Gasteiger partial charge in [-0.3, -0.25) is 0 Å². The van der Waals surface area contributed by atoms with E-state index in [1.54, 1.807) is 0 Å². The summed E-state index contributed by atoms with van der Waals surface area (Å²) in [5, 5.41) is 0. The predicted molar refractivity (Wildman–Crippen MR) is 392 cm³/mol. The van der Waals surface area contributed by atoms with E-state index in [1.807, 2.05) is 0 Å². The summed E-state index contributed by atoms with van der Waals surface area (Å²) in [6.07, 6.45) is 0. The van der Waals surface area contributed by atoms with Crippen molar-refractivity contribution in [1.82, 2.24) is 0 Å². The molecular weight excluding hydrogens is 1130 g/mol. The fourth-order valence-electron chi connectivity index (χ4n) is 15.6. The molecule has 0 saturated heterocycles. The fourth-order valence-corrected chi connectivity index (χ4v) is 15.6. The summed E-state index contributed by atoms with van der Waals surface area (Å²) in [5.41, 5.74) is 29.9. The quantitative estimate of drug-likeness (QED) is 0.107. The van der Waals surface area contributed by atoms with E-state index in [2.05, 4.69) is 398 Å². The van der Waals surface area contributed by atoms with Crippen molar-refractivity contribution in [2.45, 2.75) is 10.8 Å². The van der Waals surface area contributed by atoms with E-state index in [-0.39, 0.29) is 0 Å². The molecule has 0 bridgehead atoms. The van der Waals surface area contributed by atoms with Crippen molar-refractivity contribution in [3.05, 3.63) is 433 Å². The average Bonchev–Trinajstić information content (AvgIpc) is 1.53. The third kappa shape index (κ3) is 9.25. The highest BCUT2D eigenvalue weighted by Gasteiger charge is 2.49. The first-order chi connectivity index (χ1) is 46.6. The van der Waals surface area contributed by atoms with Gasteiger partial charge in [0.1, 0.15) is 0 Å². The zero-order chi connectivity index (χ0) is 62.4. The lowest BCUT2D eigenvalue weighted by molar-refractivity contribution is 0.768. The van der Waals surface area contributed by atoms with Gasteiger partial charge in [-0.1, -0.05) is 309 Å². The Morgan fingerprint density at radius 3 is 1.04 bits per heavy atom. The molecule has 0 heterocycles. The molecule has 94 heavy (non-hydrogen) atoms. The van der Waals surface area contributed by atoms with Crippen LogP contribution in [0.4, 0.5) is 34.1 Å². The highest BCUT2D eigenvalue weighted by atomic mass is 15.1. The molecule has 2 heteroatoms. The van der Waals surface area contributed by atoms with E-state index >= 15 is 0 Å². The first kappa shape index (κ1) is 55.9. The number of fused-ring (bicyclic) bond motifs is 6. The van der Waals surface area contributed by atoms with Gasteiger partial charge in [-0.15, -0.1) is 0 Å². The average molecular weight is 1200 g/mol. The molecule has 0 saturated carbocycles. The van der Waals surface area contributed by atoms with Crippen LogP contribution in [0.5, 0.6) is 0 Å². The lowest BCUT2D eigenvalue weighted by Gasteiger charge is -2.35. The Hall–Kier alpha value is -12.1. The van der Waals surface area contributed by atoms with Gasteiger partial charge in [0.25, 0.3) is 0 Å². The number of hydrogen-bond donors (Lipinski definition) is 0. The summed E-state index contributed by atoms with van der Waals surface area (Å²) in [6, 6.07) is 143. The van der Waals surface area contributed by atoms with Gasteiger partial charge < -0.3 is 9.80 Å². The molecule has 1 unspecified atom stereocenters. The molecule has 2 nitrogen and oxygen atoms in total. The number of benzene rings is 15. The minimum absolute atomic E-state index is 0.481. The Morgan fingerprint density at radius 1 is 0.170 bits per heavy atom. The Morgan fingerprint density at radius 2 is 0.511 bits per heavy atom. The van der Waals surface area contributed by atoms with Gasteiger partial charge in [0.15, 0.2) is 0 Å². The van der Waals surface area contributed by atoms with E-state index in [0.717, 1.165) is 67.5 Å². The second-order valence-corrected chi connectivity index (χ2v) is 24.6. The minimum Gasteiger partial charge on any atom is -0.310 e. The summed E-state index contributed by atoms with van der Waals surface area (Å²) in [6.45, 7) is 0. The molecule has 15 aromatic rings. The van der Waals surface area contributed by atoms with Gasteiger partial charge in [-0.2, -0.15) is 0 Å². The van der Waals surface area contributed by atoms with Crippen molar-refractivity contribution < 1.29 is 0 Å². The Bertz CT molecular complexity index is 5130. The van der Waals surface area contributed by atoms with Crippen LogP contribution in [0.2, 0.25) is 0 Å². The van der Waals surface area contributed by atoms with Crippen LogP contribution in [-0.4, -0.2) is 0 Å². The Balaban J connectivity index is 0.761. The summed E-state index contributed by atoms with van der Waals surface area (Å²) in [7, 11) is 0. The lowest BCUT2D eigenvalue weighted by Crippen LogP contribution is -2.28. The molecule has 0 aliphatic heterocycles. The summed E-state index contributed by atoms with van der Waals surface area (Å²) in [4.78, 5) is 4.83. The summed E-state index contributed by atoms with van der Waals surface area (Å²) < 4.78 is 0. The van der Waals surface area contributed by atoms with Crippen molar-refractivity contribution in [3.63, 3.8) is 0 Å². The Kier molecular flexibility index (Phi) is 14.0. The normalized spacial score (nSPS) is 13.9. The van der Waals surface area contributed by atoms with Crippen LogP contribution < -0.4 is 9.80 Å². The molecule has 0 amide bonds. The second-order valence-electron chi connectivity index (χ2n) is 24.6. The van der Waals surface area contributed by atoms with Crippen LogP contribution in [0, 0.1) is 0 Å². The van der Waals surface area contributed by atoms with Crippen LogP contribution in [0.3, 0.4) is 0 Å². The molecule has 17 rings (SSSR count). The maximum absolute atomic E-state index is 2.44. The number of hydrogen-bond acceptors (Lipinski definition) is 2. The molecule has 2 aliphatic rings. The smallest absolute Gasteiger partial charge is 0.0714 e. The SMILES string of the molecule is c1ccc(-c2cc(-c3ccc(-c4cccc(C5(c6ccccc6)c6ccccc6-c6c(N(c7ccccc7)c7ccccc7)cccc65)c4)cc3)cc(N(c3ccccc3)c3ccc(-c4cccc5c4-c4ccccc4C5(c4ccccc4)c4ccccc4)cc3)c2)cc1. The van der Waals surface area contributed by atoms with E-state index in [0.29, 0.717) is 0 Å². The van der Waals surface area contributed by atoms with E-state index in [4.69, 9.17) is 0 Å². The van der Waals surface area contributed by atoms with Crippen LogP contribution in [0.15, 0.2) is 388 Å². The van der Waals surface area contributed by atoms with Crippen molar-refractivity contribution in [1.29, 1.82) is 0 Å². The van der Waals surface area contributed by atoms with Crippen LogP contribution >= 0.6 is 0 Å². The molecule has 442 valence electrons. The Labute approximate surface area is 550 Å². The number of nitrogens with zero attached hydrogens (tertiary/aromatic N) is 2. The standard InChI is InChI=1S/C92H64N2/c1-8-29-65(30-9-1)70-61-71(64-80(63-70)93(76-39-16-5-17-40-76)79-59-57-68(58-60-79)81-47-27-50-86-89(81)82-45-22-24-48-84(82)91(86,72-32-10-2-11-33-72)73-34-12-3-13-35-73)67-55-53-66(54-56-67)69-31-26-38-75(62-69)92(74-36-14-4-15-37-74)85-49-25-23-46-83(85)90-87(92)51-28-52-88(90)94(77-41-18-6-19-42-77)78-43-20-7-21-44-78/h1-64H. The molecule has 0 radical (unpaired) electrons. The highest BCUT2D eigenvalue weighted by Crippen LogP contribution is 2.61. The highest BCUT2D eigenvalue weighted by molar-refractivity contribution is 5.99. The van der Waals surface area contributed by atoms with Crippen molar-refractivity contribution in [2.24, 2.45) is 0 Å². The van der Waals surface area contributed by atoms with Crippen molar-refractivity contribution in [2.75, 3.05) is 9.80 Å². The zero-order valence-corrected chi connectivity index (χ0v) is 51.8. The number of rotatable bonds is 14. The molecule has 0 spiro atoms. The monoisotopic (exact) mass is 1200 g/mol. The van der Waals surface area contributed by atoms with Crippen LogP contribution in [0.1, 0.15) is 44.5 Å².